The van der Waals surface area contributed by atoms with Crippen molar-refractivity contribution in [3.05, 3.63) is 0 Å². The Labute approximate surface area is 118 Å². The zero-order chi connectivity index (χ0) is 13.7. The van der Waals surface area contributed by atoms with E-state index in [4.69, 9.17) is 9.47 Å². The Morgan fingerprint density at radius 1 is 1.16 bits per heavy atom. The lowest BCUT2D eigenvalue weighted by atomic mass is 9.79. The van der Waals surface area contributed by atoms with Crippen molar-refractivity contribution in [1.82, 2.24) is 5.32 Å². The van der Waals surface area contributed by atoms with Crippen LogP contribution in [0.25, 0.3) is 0 Å². The van der Waals surface area contributed by atoms with Crippen LogP contribution in [0.15, 0.2) is 0 Å². The second kappa shape index (κ2) is 7.05. The lowest BCUT2D eigenvalue weighted by Crippen LogP contribution is -2.50. The van der Waals surface area contributed by atoms with Crippen LogP contribution >= 0.6 is 0 Å². The van der Waals surface area contributed by atoms with E-state index in [0.29, 0.717) is 12.1 Å². The van der Waals surface area contributed by atoms with Gasteiger partial charge in [-0.3, -0.25) is 0 Å². The summed E-state index contributed by atoms with van der Waals surface area (Å²) in [6, 6.07) is 0.537. The molecule has 0 amide bonds. The molecule has 0 aromatic heterocycles. The van der Waals surface area contributed by atoms with Gasteiger partial charge in [0.15, 0.2) is 0 Å². The van der Waals surface area contributed by atoms with Crippen molar-refractivity contribution < 1.29 is 9.47 Å². The molecule has 1 heterocycles. The Balaban J connectivity index is 1.92. The maximum absolute atomic E-state index is 6.58. The average molecular weight is 269 g/mol. The van der Waals surface area contributed by atoms with E-state index in [2.05, 4.69) is 26.1 Å². The van der Waals surface area contributed by atoms with E-state index in [0.717, 1.165) is 38.5 Å². The van der Waals surface area contributed by atoms with Crippen molar-refractivity contribution in [3.8, 4) is 0 Å². The Hall–Kier alpha value is -0.120. The molecule has 0 unspecified atom stereocenters. The van der Waals surface area contributed by atoms with Crippen LogP contribution in [0.1, 0.15) is 59.3 Å². The van der Waals surface area contributed by atoms with Crippen molar-refractivity contribution in [2.75, 3.05) is 19.8 Å². The van der Waals surface area contributed by atoms with Gasteiger partial charge >= 0.3 is 0 Å². The molecule has 1 N–H and O–H groups in total. The first-order valence-electron chi connectivity index (χ1n) is 8.09. The summed E-state index contributed by atoms with van der Waals surface area (Å²) < 4.78 is 12.0. The molecule has 0 radical (unpaired) electrons. The second-order valence-corrected chi connectivity index (χ2v) is 6.83. The van der Waals surface area contributed by atoms with Crippen LogP contribution in [-0.2, 0) is 9.47 Å². The van der Waals surface area contributed by atoms with Gasteiger partial charge in [-0.2, -0.15) is 0 Å². The van der Waals surface area contributed by atoms with Gasteiger partial charge in [0.05, 0.1) is 11.7 Å². The SMILES string of the molecule is CC1CCC(CNC(C)C)(OC2CCOCC2)CC1. The average Bonchev–Trinajstić information content (AvgIpc) is 2.41. The zero-order valence-corrected chi connectivity index (χ0v) is 12.9. The highest BCUT2D eigenvalue weighted by Crippen LogP contribution is 2.36. The molecule has 0 aromatic rings. The van der Waals surface area contributed by atoms with Gasteiger partial charge in [0, 0.05) is 25.8 Å². The minimum absolute atomic E-state index is 0.0821. The Kier molecular flexibility index (Phi) is 5.67. The Morgan fingerprint density at radius 3 is 2.37 bits per heavy atom. The Bertz CT molecular complexity index is 253. The topological polar surface area (TPSA) is 30.5 Å². The molecule has 0 bridgehead atoms. The third-order valence-electron chi connectivity index (χ3n) is 4.60. The zero-order valence-electron chi connectivity index (χ0n) is 12.9. The summed E-state index contributed by atoms with van der Waals surface area (Å²) in [4.78, 5) is 0. The van der Waals surface area contributed by atoms with Gasteiger partial charge in [-0.25, -0.2) is 0 Å². The third kappa shape index (κ3) is 4.73. The summed E-state index contributed by atoms with van der Waals surface area (Å²) in [6.07, 6.45) is 7.59. The van der Waals surface area contributed by atoms with Crippen molar-refractivity contribution >= 4 is 0 Å². The highest BCUT2D eigenvalue weighted by Gasteiger charge is 2.37. The lowest BCUT2D eigenvalue weighted by Gasteiger charge is -2.43. The van der Waals surface area contributed by atoms with Gasteiger partial charge in [-0.05, 0) is 44.4 Å². The van der Waals surface area contributed by atoms with E-state index in [1.54, 1.807) is 0 Å². The highest BCUT2D eigenvalue weighted by atomic mass is 16.5. The predicted octanol–water partition coefficient (Wildman–Crippen LogP) is 3.13. The number of hydrogen-bond donors (Lipinski definition) is 1. The number of nitrogens with one attached hydrogen (secondary N) is 1. The van der Waals surface area contributed by atoms with Crippen molar-refractivity contribution in [3.63, 3.8) is 0 Å². The quantitative estimate of drug-likeness (QED) is 0.832. The van der Waals surface area contributed by atoms with E-state index < -0.39 is 0 Å². The molecule has 0 aromatic carbocycles. The molecular formula is C16H31NO2. The van der Waals surface area contributed by atoms with Crippen LogP contribution < -0.4 is 5.32 Å². The van der Waals surface area contributed by atoms with E-state index in [1.165, 1.54) is 25.7 Å². The molecule has 3 nitrogen and oxygen atoms in total. The molecule has 1 aliphatic heterocycles. The molecular weight excluding hydrogens is 238 g/mol. The first-order valence-corrected chi connectivity index (χ1v) is 8.09. The van der Waals surface area contributed by atoms with Gasteiger partial charge in [-0.1, -0.05) is 20.8 Å². The van der Waals surface area contributed by atoms with Crippen LogP contribution in [0, 0.1) is 5.92 Å². The van der Waals surface area contributed by atoms with E-state index in [9.17, 15) is 0 Å². The number of hydrogen-bond acceptors (Lipinski definition) is 3. The molecule has 19 heavy (non-hydrogen) atoms. The highest BCUT2D eigenvalue weighted by molar-refractivity contribution is 4.90. The van der Waals surface area contributed by atoms with Crippen molar-refractivity contribution in [1.29, 1.82) is 0 Å². The Morgan fingerprint density at radius 2 is 1.79 bits per heavy atom. The van der Waals surface area contributed by atoms with Crippen molar-refractivity contribution in [2.24, 2.45) is 5.92 Å². The van der Waals surface area contributed by atoms with Gasteiger partial charge in [0.2, 0.25) is 0 Å². The third-order valence-corrected chi connectivity index (χ3v) is 4.60. The normalized spacial score (nSPS) is 33.8. The fourth-order valence-electron chi connectivity index (χ4n) is 3.16. The number of rotatable bonds is 5. The summed E-state index contributed by atoms with van der Waals surface area (Å²) >= 11 is 0. The summed E-state index contributed by atoms with van der Waals surface area (Å²) in [6.45, 7) is 9.55. The predicted molar refractivity (Wildman–Crippen MR) is 78.4 cm³/mol. The first-order chi connectivity index (χ1) is 9.10. The van der Waals surface area contributed by atoms with Crippen LogP contribution in [-0.4, -0.2) is 37.5 Å². The van der Waals surface area contributed by atoms with Crippen LogP contribution in [0.2, 0.25) is 0 Å². The molecule has 3 heteroatoms. The molecule has 2 fully saturated rings. The van der Waals surface area contributed by atoms with Crippen LogP contribution in [0.4, 0.5) is 0 Å². The molecule has 2 rings (SSSR count). The molecule has 1 aliphatic carbocycles. The maximum Gasteiger partial charge on any atom is 0.0810 e. The van der Waals surface area contributed by atoms with Gasteiger partial charge in [-0.15, -0.1) is 0 Å². The molecule has 1 saturated heterocycles. The monoisotopic (exact) mass is 269 g/mol. The summed E-state index contributed by atoms with van der Waals surface area (Å²) in [7, 11) is 0. The van der Waals surface area contributed by atoms with E-state index >= 15 is 0 Å². The standard InChI is InChI=1S/C16H31NO2/c1-13(2)17-12-16(8-4-14(3)5-9-16)19-15-6-10-18-11-7-15/h13-15,17H,4-12H2,1-3H3. The molecule has 0 atom stereocenters. The molecule has 1 saturated carbocycles. The summed E-state index contributed by atoms with van der Waals surface area (Å²) in [5.74, 6) is 0.866. The minimum atomic E-state index is 0.0821. The van der Waals surface area contributed by atoms with E-state index in [-0.39, 0.29) is 5.60 Å². The second-order valence-electron chi connectivity index (χ2n) is 6.83. The first kappa shape index (κ1) is 15.3. The summed E-state index contributed by atoms with van der Waals surface area (Å²) in [5, 5.41) is 3.60. The minimum Gasteiger partial charge on any atom is -0.381 e. The molecule has 0 spiro atoms. The smallest absolute Gasteiger partial charge is 0.0810 e. The fourth-order valence-corrected chi connectivity index (χ4v) is 3.16. The van der Waals surface area contributed by atoms with Crippen LogP contribution in [0.5, 0.6) is 0 Å². The number of ether oxygens (including phenoxy) is 2. The van der Waals surface area contributed by atoms with E-state index in [1.807, 2.05) is 0 Å². The lowest BCUT2D eigenvalue weighted by molar-refractivity contribution is -0.143. The fraction of sp³-hybridized carbons (Fsp3) is 1.00. The largest absolute Gasteiger partial charge is 0.381 e. The molecule has 112 valence electrons. The summed E-state index contributed by atoms with van der Waals surface area (Å²) in [5.41, 5.74) is 0.0821. The van der Waals surface area contributed by atoms with Crippen LogP contribution in [0.3, 0.4) is 0 Å². The van der Waals surface area contributed by atoms with Gasteiger partial charge in [0.1, 0.15) is 0 Å². The maximum atomic E-state index is 6.58. The van der Waals surface area contributed by atoms with Crippen molar-refractivity contribution in [2.45, 2.75) is 77.0 Å². The van der Waals surface area contributed by atoms with Gasteiger partial charge in [0.25, 0.3) is 0 Å². The van der Waals surface area contributed by atoms with Gasteiger partial charge < -0.3 is 14.8 Å². The molecule has 2 aliphatic rings.